The minimum absolute atomic E-state index is 0.166. The smallest absolute Gasteiger partial charge is 0.258 e. The maximum absolute atomic E-state index is 14.2. The van der Waals surface area contributed by atoms with Gasteiger partial charge in [-0.1, -0.05) is 36.4 Å². The molecular formula is C22H18FN3O2. The number of hydrogen-bond donors (Lipinski definition) is 1. The molecule has 0 saturated carbocycles. The van der Waals surface area contributed by atoms with E-state index in [1.165, 1.54) is 6.33 Å². The van der Waals surface area contributed by atoms with E-state index in [2.05, 4.69) is 15.0 Å². The number of benzene rings is 2. The molecule has 0 bridgehead atoms. The van der Waals surface area contributed by atoms with Crippen molar-refractivity contribution >= 4 is 10.9 Å². The van der Waals surface area contributed by atoms with Crippen LogP contribution in [0, 0.1) is 19.8 Å². The van der Waals surface area contributed by atoms with Crippen molar-refractivity contribution in [2.45, 2.75) is 20.5 Å². The van der Waals surface area contributed by atoms with E-state index in [4.69, 9.17) is 4.74 Å². The van der Waals surface area contributed by atoms with Crippen LogP contribution < -0.4 is 10.3 Å². The Labute approximate surface area is 160 Å². The van der Waals surface area contributed by atoms with Crippen molar-refractivity contribution in [1.29, 1.82) is 0 Å². The Morgan fingerprint density at radius 1 is 1.11 bits per heavy atom. The highest BCUT2D eigenvalue weighted by Gasteiger charge is 2.18. The topological polar surface area (TPSA) is 67.9 Å². The Morgan fingerprint density at radius 2 is 1.89 bits per heavy atom. The van der Waals surface area contributed by atoms with E-state index < -0.39 is 11.5 Å². The summed E-state index contributed by atoms with van der Waals surface area (Å²) in [5, 5.41) is 0.166. The molecule has 4 rings (SSSR count). The predicted octanol–water partition coefficient (Wildman–Crippen LogP) is 4.32. The molecule has 0 spiro atoms. The summed E-state index contributed by atoms with van der Waals surface area (Å²) in [6.07, 6.45) is 1.30. The molecule has 140 valence electrons. The largest absolute Gasteiger partial charge is 0.489 e. The molecule has 0 aliphatic carbocycles. The fourth-order valence-electron chi connectivity index (χ4n) is 3.30. The van der Waals surface area contributed by atoms with Gasteiger partial charge in [-0.15, -0.1) is 0 Å². The number of nitrogens with zero attached hydrogens (tertiary/aromatic N) is 2. The lowest BCUT2D eigenvalue weighted by atomic mass is 9.97. The molecule has 4 aromatic rings. The third-order valence-corrected chi connectivity index (χ3v) is 4.69. The number of hydrogen-bond acceptors (Lipinski definition) is 4. The monoisotopic (exact) mass is 375 g/mol. The van der Waals surface area contributed by atoms with Gasteiger partial charge in [-0.3, -0.25) is 4.79 Å². The molecule has 6 heteroatoms. The number of aromatic nitrogens is 3. The van der Waals surface area contributed by atoms with Crippen LogP contribution in [0.15, 0.2) is 59.7 Å². The molecule has 0 atom stereocenters. The number of ether oxygens (including phenoxy) is 1. The van der Waals surface area contributed by atoms with Crippen LogP contribution in [0.5, 0.6) is 5.75 Å². The van der Waals surface area contributed by atoms with Crippen LogP contribution in [0.4, 0.5) is 4.39 Å². The number of fused-ring (bicyclic) bond motifs is 1. The zero-order chi connectivity index (χ0) is 19.7. The normalized spacial score (nSPS) is 11.0. The predicted molar refractivity (Wildman–Crippen MR) is 106 cm³/mol. The van der Waals surface area contributed by atoms with Crippen LogP contribution in [0.1, 0.15) is 16.7 Å². The molecule has 0 aliphatic rings. The zero-order valence-corrected chi connectivity index (χ0v) is 15.5. The number of halogens is 1. The van der Waals surface area contributed by atoms with Crippen molar-refractivity contribution in [1.82, 2.24) is 15.0 Å². The maximum atomic E-state index is 14.2. The van der Waals surface area contributed by atoms with Crippen LogP contribution in [0.2, 0.25) is 0 Å². The molecule has 2 aromatic heterocycles. The molecule has 5 nitrogen and oxygen atoms in total. The fraction of sp³-hybridized carbons (Fsp3) is 0.136. The van der Waals surface area contributed by atoms with Crippen molar-refractivity contribution in [2.24, 2.45) is 0 Å². The van der Waals surface area contributed by atoms with Gasteiger partial charge in [0.25, 0.3) is 5.56 Å². The highest BCUT2D eigenvalue weighted by molar-refractivity contribution is 5.92. The second kappa shape index (κ2) is 7.23. The maximum Gasteiger partial charge on any atom is 0.258 e. The summed E-state index contributed by atoms with van der Waals surface area (Å²) in [7, 11) is 0. The van der Waals surface area contributed by atoms with Gasteiger partial charge in [0.15, 0.2) is 0 Å². The average molecular weight is 375 g/mol. The summed E-state index contributed by atoms with van der Waals surface area (Å²) in [6, 6.07) is 14.7. The minimum atomic E-state index is -0.726. The van der Waals surface area contributed by atoms with Gasteiger partial charge < -0.3 is 9.72 Å². The molecule has 0 saturated heterocycles. The van der Waals surface area contributed by atoms with E-state index in [1.807, 2.05) is 56.3 Å². The summed E-state index contributed by atoms with van der Waals surface area (Å²) in [4.78, 5) is 22.9. The summed E-state index contributed by atoms with van der Waals surface area (Å²) in [6.45, 7) is 4.22. The third-order valence-electron chi connectivity index (χ3n) is 4.69. The standard InChI is InChI=1S/C22H18FN3O2/c1-13-8-9-17(28-11-15-6-4-3-5-7-15)14(2)19(13)21-20-16(10-18(23)26-21)22(27)25-12-24-20/h3-10,12H,11H2,1-2H3,(H,24,25,27). The van der Waals surface area contributed by atoms with Crippen LogP contribution in [-0.4, -0.2) is 15.0 Å². The molecule has 0 radical (unpaired) electrons. The van der Waals surface area contributed by atoms with Crippen molar-refractivity contribution in [3.63, 3.8) is 0 Å². The number of aryl methyl sites for hydroxylation is 1. The van der Waals surface area contributed by atoms with Gasteiger partial charge in [0.05, 0.1) is 11.7 Å². The molecule has 1 N–H and O–H groups in total. The van der Waals surface area contributed by atoms with Crippen molar-refractivity contribution < 1.29 is 9.13 Å². The highest BCUT2D eigenvalue weighted by atomic mass is 19.1. The van der Waals surface area contributed by atoms with E-state index in [0.717, 1.165) is 22.8 Å². The number of nitrogens with one attached hydrogen (secondary N) is 1. The number of H-pyrrole nitrogens is 1. The Bertz CT molecular complexity index is 1220. The molecular weight excluding hydrogens is 357 g/mol. The van der Waals surface area contributed by atoms with Gasteiger partial charge in [-0.2, -0.15) is 4.39 Å². The molecule has 0 unspecified atom stereocenters. The van der Waals surface area contributed by atoms with Gasteiger partial charge >= 0.3 is 0 Å². The quantitative estimate of drug-likeness (QED) is 0.540. The van der Waals surface area contributed by atoms with Gasteiger partial charge in [-0.25, -0.2) is 9.97 Å². The van der Waals surface area contributed by atoms with E-state index in [-0.39, 0.29) is 5.39 Å². The minimum Gasteiger partial charge on any atom is -0.489 e. The Kier molecular flexibility index (Phi) is 4.61. The number of aromatic amines is 1. The molecule has 0 amide bonds. The van der Waals surface area contributed by atoms with Crippen LogP contribution in [-0.2, 0) is 6.61 Å². The Balaban J connectivity index is 1.84. The Hall–Kier alpha value is -3.54. The van der Waals surface area contributed by atoms with E-state index in [1.54, 1.807) is 0 Å². The summed E-state index contributed by atoms with van der Waals surface area (Å²) < 4.78 is 20.2. The Morgan fingerprint density at radius 3 is 2.68 bits per heavy atom. The fourth-order valence-corrected chi connectivity index (χ4v) is 3.30. The van der Waals surface area contributed by atoms with Gasteiger partial charge in [0, 0.05) is 17.2 Å². The first-order valence-corrected chi connectivity index (χ1v) is 8.86. The van der Waals surface area contributed by atoms with Crippen LogP contribution in [0.25, 0.3) is 22.2 Å². The zero-order valence-electron chi connectivity index (χ0n) is 15.5. The molecule has 28 heavy (non-hydrogen) atoms. The average Bonchev–Trinajstić information content (AvgIpc) is 2.69. The van der Waals surface area contributed by atoms with Gasteiger partial charge in [0.1, 0.15) is 23.6 Å². The first kappa shape index (κ1) is 17.9. The molecule has 0 fully saturated rings. The van der Waals surface area contributed by atoms with Crippen LogP contribution >= 0.6 is 0 Å². The summed E-state index contributed by atoms with van der Waals surface area (Å²) in [5.41, 5.74) is 3.76. The number of pyridine rings is 1. The summed E-state index contributed by atoms with van der Waals surface area (Å²) in [5.74, 6) is -0.0519. The lowest BCUT2D eigenvalue weighted by Crippen LogP contribution is -2.09. The first-order chi connectivity index (χ1) is 13.5. The first-order valence-electron chi connectivity index (χ1n) is 8.86. The van der Waals surface area contributed by atoms with Crippen LogP contribution in [0.3, 0.4) is 0 Å². The van der Waals surface area contributed by atoms with Crippen molar-refractivity contribution in [3.05, 3.63) is 87.9 Å². The van der Waals surface area contributed by atoms with Gasteiger partial charge in [0.2, 0.25) is 5.95 Å². The van der Waals surface area contributed by atoms with E-state index in [0.29, 0.717) is 29.1 Å². The molecule has 2 aromatic carbocycles. The highest BCUT2D eigenvalue weighted by Crippen LogP contribution is 2.35. The molecule has 0 aliphatic heterocycles. The second-order valence-electron chi connectivity index (χ2n) is 6.58. The second-order valence-corrected chi connectivity index (χ2v) is 6.58. The van der Waals surface area contributed by atoms with E-state index in [9.17, 15) is 9.18 Å². The van der Waals surface area contributed by atoms with Crippen molar-refractivity contribution in [2.75, 3.05) is 0 Å². The van der Waals surface area contributed by atoms with Crippen molar-refractivity contribution in [3.8, 4) is 17.0 Å². The third kappa shape index (κ3) is 3.24. The lowest BCUT2D eigenvalue weighted by molar-refractivity contribution is 0.304. The number of rotatable bonds is 4. The van der Waals surface area contributed by atoms with E-state index >= 15 is 0 Å². The lowest BCUT2D eigenvalue weighted by Gasteiger charge is -2.16. The summed E-state index contributed by atoms with van der Waals surface area (Å²) >= 11 is 0. The molecule has 2 heterocycles. The van der Waals surface area contributed by atoms with Gasteiger partial charge in [-0.05, 0) is 31.0 Å². The SMILES string of the molecule is Cc1ccc(OCc2ccccc2)c(C)c1-c1nc(F)cc2c(=O)[nH]cnc12.